The van der Waals surface area contributed by atoms with Crippen LogP contribution in [0.2, 0.25) is 0 Å². The average Bonchev–Trinajstić information content (AvgIpc) is 2.25. The highest BCUT2D eigenvalue weighted by molar-refractivity contribution is 5.01. The van der Waals surface area contributed by atoms with E-state index in [1.807, 2.05) is 0 Å². The maximum absolute atomic E-state index is 12.0. The first kappa shape index (κ1) is 10.4. The summed E-state index contributed by atoms with van der Waals surface area (Å²) in [4.78, 5) is 0. The molecular formula is C11H21NO2. The minimum Gasteiger partial charge on any atom is -0.633 e. The van der Waals surface area contributed by atoms with Gasteiger partial charge in [0.2, 0.25) is 0 Å². The second-order valence-corrected chi connectivity index (χ2v) is 5.69. The first-order chi connectivity index (χ1) is 6.35. The summed E-state index contributed by atoms with van der Waals surface area (Å²) in [6.45, 7) is 5.25. The normalized spacial score (nSPS) is 58.5. The van der Waals surface area contributed by atoms with Gasteiger partial charge in [-0.05, 0) is 18.8 Å². The number of fused-ring (bicyclic) bond motifs is 1. The fourth-order valence-electron chi connectivity index (χ4n) is 3.68. The summed E-state index contributed by atoms with van der Waals surface area (Å²) in [5, 5.41) is 22.6. The third kappa shape index (κ3) is 1.38. The molecular weight excluding hydrogens is 178 g/mol. The summed E-state index contributed by atoms with van der Waals surface area (Å²) in [7, 11) is 1.69. The molecule has 3 heteroatoms. The van der Waals surface area contributed by atoms with E-state index in [1.165, 1.54) is 0 Å². The van der Waals surface area contributed by atoms with E-state index in [1.54, 1.807) is 7.05 Å². The zero-order valence-corrected chi connectivity index (χ0v) is 9.36. The second kappa shape index (κ2) is 2.94. The Balaban J connectivity index is 2.28. The highest BCUT2D eigenvalue weighted by Crippen LogP contribution is 2.48. The van der Waals surface area contributed by atoms with Gasteiger partial charge in [-0.2, -0.15) is 0 Å². The summed E-state index contributed by atoms with van der Waals surface area (Å²) in [6, 6.07) is 0. The molecule has 0 bridgehead atoms. The number of likely N-dealkylation sites (N-methyl/N-ethyl adjacent to an activating group) is 1. The molecule has 0 amide bonds. The zero-order valence-electron chi connectivity index (χ0n) is 9.36. The Morgan fingerprint density at radius 1 is 1.36 bits per heavy atom. The molecule has 1 N–H and O–H groups in total. The minimum atomic E-state index is -0.686. The van der Waals surface area contributed by atoms with Crippen molar-refractivity contribution in [3.05, 3.63) is 5.21 Å². The van der Waals surface area contributed by atoms with E-state index in [9.17, 15) is 10.3 Å². The molecule has 5 atom stereocenters. The van der Waals surface area contributed by atoms with Gasteiger partial charge in [-0.3, -0.25) is 0 Å². The molecule has 1 saturated carbocycles. The summed E-state index contributed by atoms with van der Waals surface area (Å²) < 4.78 is -0.265. The Labute approximate surface area is 85.9 Å². The SMILES string of the molecule is CC1C[N+](C)([O-])CC2(O)C(C)CCC12. The van der Waals surface area contributed by atoms with Gasteiger partial charge in [-0.1, -0.05) is 13.8 Å². The topological polar surface area (TPSA) is 43.3 Å². The molecule has 2 fully saturated rings. The van der Waals surface area contributed by atoms with Crippen molar-refractivity contribution in [2.45, 2.75) is 32.3 Å². The number of nitrogens with zero attached hydrogens (tertiary/aromatic N) is 1. The van der Waals surface area contributed by atoms with Gasteiger partial charge in [0.05, 0.1) is 13.6 Å². The van der Waals surface area contributed by atoms with Crippen LogP contribution in [0, 0.1) is 23.0 Å². The molecule has 0 aromatic rings. The van der Waals surface area contributed by atoms with E-state index >= 15 is 0 Å². The van der Waals surface area contributed by atoms with Crippen molar-refractivity contribution in [1.29, 1.82) is 0 Å². The van der Waals surface area contributed by atoms with Gasteiger partial charge in [0.1, 0.15) is 12.1 Å². The number of hydrogen-bond acceptors (Lipinski definition) is 2. The summed E-state index contributed by atoms with van der Waals surface area (Å²) >= 11 is 0. The number of piperidine rings is 1. The Hall–Kier alpha value is -0.120. The van der Waals surface area contributed by atoms with E-state index in [-0.39, 0.29) is 4.65 Å². The number of likely N-dealkylation sites (tertiary alicyclic amines) is 1. The van der Waals surface area contributed by atoms with Crippen molar-refractivity contribution in [2.75, 3.05) is 20.1 Å². The highest BCUT2D eigenvalue weighted by Gasteiger charge is 2.55. The molecule has 1 saturated heterocycles. The van der Waals surface area contributed by atoms with Crippen LogP contribution in [0.25, 0.3) is 0 Å². The maximum atomic E-state index is 12.0. The van der Waals surface area contributed by atoms with Crippen molar-refractivity contribution in [3.8, 4) is 0 Å². The molecule has 5 unspecified atom stereocenters. The quantitative estimate of drug-likeness (QED) is 0.473. The number of quaternary nitrogens is 1. The molecule has 82 valence electrons. The molecule has 1 aliphatic heterocycles. The smallest absolute Gasteiger partial charge is 0.119 e. The summed E-state index contributed by atoms with van der Waals surface area (Å²) in [5.41, 5.74) is -0.686. The Morgan fingerprint density at radius 2 is 2.00 bits per heavy atom. The molecule has 0 aromatic carbocycles. The molecule has 0 radical (unpaired) electrons. The predicted molar refractivity (Wildman–Crippen MR) is 55.3 cm³/mol. The van der Waals surface area contributed by atoms with Crippen LogP contribution in [-0.4, -0.2) is 35.5 Å². The van der Waals surface area contributed by atoms with Crippen LogP contribution in [0.1, 0.15) is 26.7 Å². The number of hydroxylamine groups is 3. The average molecular weight is 199 g/mol. The van der Waals surface area contributed by atoms with Crippen molar-refractivity contribution in [3.63, 3.8) is 0 Å². The Kier molecular flexibility index (Phi) is 2.18. The minimum absolute atomic E-state index is 0.265. The lowest BCUT2D eigenvalue weighted by Crippen LogP contribution is -2.62. The Morgan fingerprint density at radius 3 is 2.64 bits per heavy atom. The van der Waals surface area contributed by atoms with E-state index in [0.29, 0.717) is 30.8 Å². The van der Waals surface area contributed by atoms with Crippen LogP contribution >= 0.6 is 0 Å². The fourth-order valence-corrected chi connectivity index (χ4v) is 3.68. The monoisotopic (exact) mass is 199 g/mol. The van der Waals surface area contributed by atoms with Crippen molar-refractivity contribution in [1.82, 2.24) is 0 Å². The van der Waals surface area contributed by atoms with E-state index in [4.69, 9.17) is 0 Å². The van der Waals surface area contributed by atoms with Gasteiger partial charge in [0.25, 0.3) is 0 Å². The first-order valence-corrected chi connectivity index (χ1v) is 5.63. The van der Waals surface area contributed by atoms with Crippen LogP contribution < -0.4 is 0 Å². The lowest BCUT2D eigenvalue weighted by molar-refractivity contribution is -0.879. The number of rotatable bonds is 0. The first-order valence-electron chi connectivity index (χ1n) is 5.63. The molecule has 2 aliphatic rings. The van der Waals surface area contributed by atoms with E-state index in [0.717, 1.165) is 12.8 Å². The molecule has 3 nitrogen and oxygen atoms in total. The van der Waals surface area contributed by atoms with Gasteiger partial charge >= 0.3 is 0 Å². The van der Waals surface area contributed by atoms with Crippen LogP contribution in [0.4, 0.5) is 0 Å². The van der Waals surface area contributed by atoms with Crippen molar-refractivity contribution >= 4 is 0 Å². The van der Waals surface area contributed by atoms with Gasteiger partial charge in [0.15, 0.2) is 0 Å². The lowest BCUT2D eigenvalue weighted by atomic mass is 9.74. The van der Waals surface area contributed by atoms with Crippen LogP contribution in [0.5, 0.6) is 0 Å². The molecule has 0 spiro atoms. The molecule has 1 aliphatic carbocycles. The van der Waals surface area contributed by atoms with Crippen LogP contribution in [0.15, 0.2) is 0 Å². The Bertz CT molecular complexity index is 241. The molecule has 0 aromatic heterocycles. The summed E-state index contributed by atoms with van der Waals surface area (Å²) in [5.74, 6) is 1.01. The summed E-state index contributed by atoms with van der Waals surface area (Å²) in [6.07, 6.45) is 2.17. The predicted octanol–water partition coefficient (Wildman–Crippen LogP) is 1.36. The van der Waals surface area contributed by atoms with Gasteiger partial charge < -0.3 is 15.0 Å². The van der Waals surface area contributed by atoms with E-state index in [2.05, 4.69) is 13.8 Å². The van der Waals surface area contributed by atoms with E-state index < -0.39 is 5.60 Å². The molecule has 14 heavy (non-hydrogen) atoms. The largest absolute Gasteiger partial charge is 0.633 e. The van der Waals surface area contributed by atoms with Gasteiger partial charge in [0, 0.05) is 11.8 Å². The standard InChI is InChI=1S/C11H21NO2/c1-8-6-12(3,14)7-11(13)9(2)4-5-10(8)11/h8-10,13H,4-7H2,1-3H3. The third-order valence-electron chi connectivity index (χ3n) is 4.35. The molecule has 2 rings (SSSR count). The number of hydrogen-bond donors (Lipinski definition) is 1. The fraction of sp³-hybridized carbons (Fsp3) is 1.00. The highest BCUT2D eigenvalue weighted by atomic mass is 16.5. The molecule has 1 heterocycles. The van der Waals surface area contributed by atoms with Crippen molar-refractivity contribution in [2.24, 2.45) is 17.8 Å². The number of aliphatic hydroxyl groups is 1. The van der Waals surface area contributed by atoms with Crippen LogP contribution in [0.3, 0.4) is 0 Å². The van der Waals surface area contributed by atoms with Crippen molar-refractivity contribution < 1.29 is 9.75 Å². The van der Waals surface area contributed by atoms with Gasteiger partial charge in [-0.25, -0.2) is 0 Å². The van der Waals surface area contributed by atoms with Gasteiger partial charge in [-0.15, -0.1) is 0 Å². The lowest BCUT2D eigenvalue weighted by Gasteiger charge is -2.53. The van der Waals surface area contributed by atoms with Crippen LogP contribution in [-0.2, 0) is 0 Å². The maximum Gasteiger partial charge on any atom is 0.119 e. The zero-order chi connectivity index (χ0) is 10.6. The third-order valence-corrected chi connectivity index (χ3v) is 4.35. The second-order valence-electron chi connectivity index (χ2n) is 5.69.